The second kappa shape index (κ2) is 5.04. The molecule has 0 bridgehead atoms. The predicted molar refractivity (Wildman–Crippen MR) is 62.6 cm³/mol. The minimum Gasteiger partial charge on any atom is -0.480 e. The van der Waals surface area contributed by atoms with Crippen LogP contribution in [0, 0.1) is 5.92 Å². The van der Waals surface area contributed by atoms with Crippen molar-refractivity contribution in [2.24, 2.45) is 5.92 Å². The van der Waals surface area contributed by atoms with E-state index in [2.05, 4.69) is 5.32 Å². The van der Waals surface area contributed by atoms with Gasteiger partial charge in [0.1, 0.15) is 6.04 Å². The van der Waals surface area contributed by atoms with E-state index in [1.165, 1.54) is 0 Å². The number of rotatable bonds is 2. The van der Waals surface area contributed by atoms with Crippen molar-refractivity contribution in [3.8, 4) is 0 Å². The number of carboxylic acids is 1. The Labute approximate surface area is 101 Å². The zero-order chi connectivity index (χ0) is 12.4. The van der Waals surface area contributed by atoms with Gasteiger partial charge in [0, 0.05) is 6.54 Å². The second-order valence-electron chi connectivity index (χ2n) is 5.16. The Bertz CT molecular complexity index is 313. The van der Waals surface area contributed by atoms with E-state index in [1.54, 1.807) is 4.90 Å². The summed E-state index contributed by atoms with van der Waals surface area (Å²) in [4.78, 5) is 25.0. The van der Waals surface area contributed by atoms with E-state index in [4.69, 9.17) is 0 Å². The lowest BCUT2D eigenvalue weighted by Crippen LogP contribution is -2.54. The van der Waals surface area contributed by atoms with Crippen molar-refractivity contribution < 1.29 is 14.7 Å². The lowest BCUT2D eigenvalue weighted by atomic mass is 9.92. The Morgan fingerprint density at radius 3 is 2.71 bits per heavy atom. The van der Waals surface area contributed by atoms with E-state index >= 15 is 0 Å². The van der Waals surface area contributed by atoms with Crippen LogP contribution in [0.2, 0.25) is 0 Å². The highest BCUT2D eigenvalue weighted by molar-refractivity contribution is 5.87. The molecule has 1 amide bonds. The summed E-state index contributed by atoms with van der Waals surface area (Å²) < 4.78 is 0. The third-order valence-electron chi connectivity index (χ3n) is 3.79. The van der Waals surface area contributed by atoms with Gasteiger partial charge in [0.15, 0.2) is 0 Å². The van der Waals surface area contributed by atoms with Crippen LogP contribution in [0.5, 0.6) is 0 Å². The molecule has 2 N–H and O–H groups in total. The standard InChI is InChI=1S/C12H20N2O3/c1-8-4-6-14(10(7-8)12(16)17)11(15)9-3-2-5-13-9/h8-10,13H,2-7H2,1H3,(H,16,17). The third kappa shape index (κ3) is 2.60. The first-order chi connectivity index (χ1) is 8.09. The Balaban J connectivity index is 2.06. The van der Waals surface area contributed by atoms with Gasteiger partial charge in [0.2, 0.25) is 5.91 Å². The summed E-state index contributed by atoms with van der Waals surface area (Å²) in [5.74, 6) is -0.513. The minimum atomic E-state index is -0.872. The molecule has 0 spiro atoms. The number of likely N-dealkylation sites (tertiary alicyclic amines) is 1. The highest BCUT2D eigenvalue weighted by Gasteiger charge is 2.37. The van der Waals surface area contributed by atoms with Gasteiger partial charge in [-0.15, -0.1) is 0 Å². The molecule has 0 saturated carbocycles. The number of aliphatic carboxylic acids is 1. The van der Waals surface area contributed by atoms with E-state index in [1.807, 2.05) is 6.92 Å². The van der Waals surface area contributed by atoms with Gasteiger partial charge in [0.05, 0.1) is 6.04 Å². The number of amides is 1. The van der Waals surface area contributed by atoms with Crippen molar-refractivity contribution in [2.75, 3.05) is 13.1 Å². The van der Waals surface area contributed by atoms with Crippen LogP contribution in [0.1, 0.15) is 32.6 Å². The van der Waals surface area contributed by atoms with Crippen LogP contribution in [0.3, 0.4) is 0 Å². The average Bonchev–Trinajstić information content (AvgIpc) is 2.81. The van der Waals surface area contributed by atoms with Crippen LogP contribution in [0.15, 0.2) is 0 Å². The summed E-state index contributed by atoms with van der Waals surface area (Å²) in [6.07, 6.45) is 3.31. The quantitative estimate of drug-likeness (QED) is 0.735. The molecule has 0 aromatic rings. The molecule has 2 aliphatic rings. The third-order valence-corrected chi connectivity index (χ3v) is 3.79. The fourth-order valence-corrected chi connectivity index (χ4v) is 2.73. The molecule has 0 radical (unpaired) electrons. The van der Waals surface area contributed by atoms with Crippen LogP contribution < -0.4 is 5.32 Å². The average molecular weight is 240 g/mol. The fraction of sp³-hybridized carbons (Fsp3) is 0.833. The Morgan fingerprint density at radius 2 is 2.12 bits per heavy atom. The van der Waals surface area contributed by atoms with Gasteiger partial charge in [-0.1, -0.05) is 6.92 Å². The molecular weight excluding hydrogens is 220 g/mol. The number of nitrogens with one attached hydrogen (secondary N) is 1. The maximum atomic E-state index is 12.2. The molecule has 2 aliphatic heterocycles. The van der Waals surface area contributed by atoms with Gasteiger partial charge >= 0.3 is 5.97 Å². The first-order valence-electron chi connectivity index (χ1n) is 6.36. The molecule has 0 aromatic heterocycles. The fourth-order valence-electron chi connectivity index (χ4n) is 2.73. The number of hydrogen-bond donors (Lipinski definition) is 2. The van der Waals surface area contributed by atoms with Crippen molar-refractivity contribution in [1.82, 2.24) is 10.2 Å². The highest BCUT2D eigenvalue weighted by Crippen LogP contribution is 2.24. The molecule has 2 fully saturated rings. The number of carbonyl (C=O) groups is 2. The molecule has 0 aromatic carbocycles. The molecule has 0 aliphatic carbocycles. The zero-order valence-electron chi connectivity index (χ0n) is 10.2. The van der Waals surface area contributed by atoms with Crippen molar-refractivity contribution in [1.29, 1.82) is 0 Å². The van der Waals surface area contributed by atoms with Crippen LogP contribution in [0.25, 0.3) is 0 Å². The van der Waals surface area contributed by atoms with Gasteiger partial charge in [0.25, 0.3) is 0 Å². The monoisotopic (exact) mass is 240 g/mol. The van der Waals surface area contributed by atoms with Gasteiger partial charge in [-0.3, -0.25) is 4.79 Å². The number of hydrogen-bond acceptors (Lipinski definition) is 3. The summed E-state index contributed by atoms with van der Waals surface area (Å²) >= 11 is 0. The Kier molecular flexibility index (Phi) is 3.66. The SMILES string of the molecule is CC1CCN(C(=O)C2CCCN2)C(C(=O)O)C1. The number of carboxylic acid groups (broad SMARTS) is 1. The normalized spacial score (nSPS) is 33.7. The number of nitrogens with zero attached hydrogens (tertiary/aromatic N) is 1. The molecular formula is C12H20N2O3. The van der Waals surface area contributed by atoms with Crippen LogP contribution in [-0.2, 0) is 9.59 Å². The van der Waals surface area contributed by atoms with Gasteiger partial charge in [-0.2, -0.15) is 0 Å². The highest BCUT2D eigenvalue weighted by atomic mass is 16.4. The van der Waals surface area contributed by atoms with Crippen molar-refractivity contribution in [2.45, 2.75) is 44.7 Å². The van der Waals surface area contributed by atoms with E-state index in [0.717, 1.165) is 25.8 Å². The van der Waals surface area contributed by atoms with Crippen molar-refractivity contribution in [3.63, 3.8) is 0 Å². The minimum absolute atomic E-state index is 0.0261. The molecule has 5 heteroatoms. The maximum Gasteiger partial charge on any atom is 0.326 e. The van der Waals surface area contributed by atoms with Gasteiger partial charge in [-0.05, 0) is 38.1 Å². The molecule has 5 nitrogen and oxygen atoms in total. The molecule has 2 heterocycles. The zero-order valence-corrected chi connectivity index (χ0v) is 10.2. The largest absolute Gasteiger partial charge is 0.480 e. The summed E-state index contributed by atoms with van der Waals surface area (Å²) in [6.45, 7) is 3.49. The van der Waals surface area contributed by atoms with Crippen LogP contribution in [-0.4, -0.2) is 47.1 Å². The molecule has 17 heavy (non-hydrogen) atoms. The van der Waals surface area contributed by atoms with Crippen LogP contribution >= 0.6 is 0 Å². The van der Waals surface area contributed by atoms with Crippen molar-refractivity contribution >= 4 is 11.9 Å². The summed E-state index contributed by atoms with van der Waals surface area (Å²) in [5, 5.41) is 12.3. The lowest BCUT2D eigenvalue weighted by Gasteiger charge is -2.37. The topological polar surface area (TPSA) is 69.6 Å². The maximum absolute atomic E-state index is 12.2. The smallest absolute Gasteiger partial charge is 0.326 e. The van der Waals surface area contributed by atoms with Gasteiger partial charge in [-0.25, -0.2) is 4.79 Å². The molecule has 96 valence electrons. The number of piperidine rings is 1. The van der Waals surface area contributed by atoms with E-state index in [-0.39, 0.29) is 11.9 Å². The summed E-state index contributed by atoms with van der Waals surface area (Å²) in [7, 11) is 0. The Hall–Kier alpha value is -1.10. The predicted octanol–water partition coefficient (Wildman–Crippen LogP) is 0.450. The first-order valence-corrected chi connectivity index (χ1v) is 6.36. The van der Waals surface area contributed by atoms with E-state index in [0.29, 0.717) is 18.9 Å². The first kappa shape index (κ1) is 12.4. The van der Waals surface area contributed by atoms with E-state index < -0.39 is 12.0 Å². The molecule has 2 rings (SSSR count). The Morgan fingerprint density at radius 1 is 1.35 bits per heavy atom. The molecule has 3 atom stereocenters. The molecule has 2 saturated heterocycles. The lowest BCUT2D eigenvalue weighted by molar-refractivity contribution is -0.153. The van der Waals surface area contributed by atoms with Gasteiger partial charge < -0.3 is 15.3 Å². The van der Waals surface area contributed by atoms with E-state index in [9.17, 15) is 14.7 Å². The summed E-state index contributed by atoms with van der Waals surface area (Å²) in [5.41, 5.74) is 0. The molecule has 3 unspecified atom stereocenters. The number of carbonyl (C=O) groups excluding carboxylic acids is 1. The van der Waals surface area contributed by atoms with Crippen LogP contribution in [0.4, 0.5) is 0 Å². The second-order valence-corrected chi connectivity index (χ2v) is 5.16. The van der Waals surface area contributed by atoms with Crippen molar-refractivity contribution in [3.05, 3.63) is 0 Å². The summed E-state index contributed by atoms with van der Waals surface area (Å²) in [6, 6.07) is -0.793.